The van der Waals surface area contributed by atoms with Gasteiger partial charge in [0, 0.05) is 24.4 Å². The van der Waals surface area contributed by atoms with Gasteiger partial charge >= 0.3 is 11.9 Å². The van der Waals surface area contributed by atoms with Crippen LogP contribution in [0.4, 0.5) is 22.7 Å². The fraction of sp³-hybridized carbons (Fsp3) is 0.200. The van der Waals surface area contributed by atoms with Crippen molar-refractivity contribution in [2.24, 2.45) is 10.2 Å². The van der Waals surface area contributed by atoms with Crippen molar-refractivity contribution < 1.29 is 24.4 Å². The summed E-state index contributed by atoms with van der Waals surface area (Å²) < 4.78 is 5.06. The number of hydrogen-bond donors (Lipinski definition) is 1. The van der Waals surface area contributed by atoms with E-state index >= 15 is 0 Å². The fourth-order valence-electron chi connectivity index (χ4n) is 2.33. The van der Waals surface area contributed by atoms with Gasteiger partial charge < -0.3 is 14.7 Å². The van der Waals surface area contributed by atoms with Crippen LogP contribution in [0.5, 0.6) is 0 Å². The van der Waals surface area contributed by atoms with Gasteiger partial charge in [0.15, 0.2) is 0 Å². The number of ether oxygens (including phenoxy) is 1. The first-order valence-electron chi connectivity index (χ1n) is 8.76. The quantitative estimate of drug-likeness (QED) is 0.214. The number of benzene rings is 2. The van der Waals surface area contributed by atoms with Crippen molar-refractivity contribution in [3.63, 3.8) is 0 Å². The van der Waals surface area contributed by atoms with Crippen LogP contribution >= 0.6 is 0 Å². The Morgan fingerprint density at radius 1 is 1.17 bits per heavy atom. The molecule has 0 radical (unpaired) electrons. The van der Waals surface area contributed by atoms with Crippen molar-refractivity contribution in [2.75, 3.05) is 25.1 Å². The molecule has 0 amide bonds. The van der Waals surface area contributed by atoms with Gasteiger partial charge in [-0.15, -0.1) is 0 Å². The summed E-state index contributed by atoms with van der Waals surface area (Å²) in [5.41, 5.74) is 0.929. The first kappa shape index (κ1) is 22.2. The van der Waals surface area contributed by atoms with Gasteiger partial charge in [-0.2, -0.15) is 10.2 Å². The van der Waals surface area contributed by atoms with Crippen molar-refractivity contribution >= 4 is 34.7 Å². The number of nitro benzene ring substituents is 1. The third-order valence-electron chi connectivity index (χ3n) is 3.99. The standard InChI is InChI=1S/C20H20N4O6/c1-13(2)20(27)30-11-10-23(3)16-7-4-14(5-8-16)21-22-15-6-9-18(24(28)29)17(12-15)19(25)26/h4-9,12H,1,10-11H2,2-3H3,(H,25,26)/b22-21+. The van der Waals surface area contributed by atoms with Crippen molar-refractivity contribution in [3.8, 4) is 0 Å². The number of carboxylic acid groups (broad SMARTS) is 1. The summed E-state index contributed by atoms with van der Waals surface area (Å²) in [5.74, 6) is -1.85. The molecule has 1 N–H and O–H groups in total. The van der Waals surface area contributed by atoms with E-state index < -0.39 is 28.1 Å². The Morgan fingerprint density at radius 3 is 2.33 bits per heavy atom. The van der Waals surface area contributed by atoms with Crippen LogP contribution in [0.2, 0.25) is 0 Å². The van der Waals surface area contributed by atoms with Crippen LogP contribution in [0, 0.1) is 10.1 Å². The summed E-state index contributed by atoms with van der Waals surface area (Å²) >= 11 is 0. The van der Waals surface area contributed by atoms with Crippen LogP contribution in [0.15, 0.2) is 64.8 Å². The Labute approximate surface area is 172 Å². The molecule has 0 aromatic heterocycles. The average Bonchev–Trinajstić information content (AvgIpc) is 2.71. The minimum atomic E-state index is -1.42. The average molecular weight is 412 g/mol. The van der Waals surface area contributed by atoms with Crippen LogP contribution in [-0.2, 0) is 9.53 Å². The largest absolute Gasteiger partial charge is 0.477 e. The zero-order valence-electron chi connectivity index (χ0n) is 16.4. The Morgan fingerprint density at radius 2 is 1.77 bits per heavy atom. The molecule has 0 atom stereocenters. The predicted octanol–water partition coefficient (Wildman–Crippen LogP) is 4.26. The van der Waals surface area contributed by atoms with E-state index in [1.807, 2.05) is 11.9 Å². The Bertz CT molecular complexity index is 1000. The topological polar surface area (TPSA) is 135 Å². The maximum absolute atomic E-state index is 11.4. The maximum atomic E-state index is 11.4. The number of esters is 1. The highest BCUT2D eigenvalue weighted by atomic mass is 16.6. The predicted molar refractivity (Wildman–Crippen MR) is 110 cm³/mol. The molecule has 10 nitrogen and oxygen atoms in total. The fourth-order valence-corrected chi connectivity index (χ4v) is 2.33. The molecule has 0 fully saturated rings. The summed E-state index contributed by atoms with van der Waals surface area (Å²) in [6, 6.07) is 10.5. The third-order valence-corrected chi connectivity index (χ3v) is 3.99. The Balaban J connectivity index is 2.03. The van der Waals surface area contributed by atoms with Crippen LogP contribution in [0.25, 0.3) is 0 Å². The lowest BCUT2D eigenvalue weighted by molar-refractivity contribution is -0.385. The van der Waals surface area contributed by atoms with Crippen LogP contribution < -0.4 is 4.90 Å². The van der Waals surface area contributed by atoms with E-state index in [4.69, 9.17) is 9.84 Å². The summed E-state index contributed by atoms with van der Waals surface area (Å²) in [5, 5.41) is 28.0. The summed E-state index contributed by atoms with van der Waals surface area (Å²) in [6.45, 7) is 5.81. The Hall–Kier alpha value is -4.08. The molecule has 0 bridgehead atoms. The first-order chi connectivity index (χ1) is 14.2. The number of nitro groups is 1. The first-order valence-corrected chi connectivity index (χ1v) is 8.76. The Kier molecular flexibility index (Phi) is 7.34. The molecule has 0 aliphatic rings. The maximum Gasteiger partial charge on any atom is 0.342 e. The summed E-state index contributed by atoms with van der Waals surface area (Å²) in [7, 11) is 1.84. The van der Waals surface area contributed by atoms with Crippen molar-refractivity contribution in [2.45, 2.75) is 6.92 Å². The second-order valence-electron chi connectivity index (χ2n) is 6.32. The highest BCUT2D eigenvalue weighted by Gasteiger charge is 2.19. The highest BCUT2D eigenvalue weighted by molar-refractivity contribution is 5.93. The van der Waals surface area contributed by atoms with E-state index in [1.54, 1.807) is 31.2 Å². The molecule has 156 valence electrons. The van der Waals surface area contributed by atoms with E-state index in [9.17, 15) is 19.7 Å². The number of azo groups is 1. The number of hydrogen-bond acceptors (Lipinski definition) is 8. The lowest BCUT2D eigenvalue weighted by atomic mass is 10.1. The van der Waals surface area contributed by atoms with E-state index in [-0.39, 0.29) is 12.3 Å². The third kappa shape index (κ3) is 5.96. The van der Waals surface area contributed by atoms with Gasteiger partial charge in [-0.25, -0.2) is 9.59 Å². The van der Waals surface area contributed by atoms with Gasteiger partial charge in [0.05, 0.1) is 22.8 Å². The zero-order chi connectivity index (χ0) is 22.3. The minimum absolute atomic E-state index is 0.179. The van der Waals surface area contributed by atoms with Crippen molar-refractivity contribution in [1.82, 2.24) is 0 Å². The molecule has 0 aliphatic carbocycles. The number of aromatic carboxylic acids is 1. The van der Waals surface area contributed by atoms with Crippen LogP contribution in [-0.4, -0.2) is 42.2 Å². The van der Waals surface area contributed by atoms with Gasteiger partial charge in [-0.1, -0.05) is 6.58 Å². The van der Waals surface area contributed by atoms with Gasteiger partial charge in [-0.3, -0.25) is 10.1 Å². The molecule has 2 aromatic rings. The van der Waals surface area contributed by atoms with Gasteiger partial charge in [0.2, 0.25) is 0 Å². The zero-order valence-corrected chi connectivity index (χ0v) is 16.4. The number of carbonyl (C=O) groups is 2. The monoisotopic (exact) mass is 412 g/mol. The molecule has 2 aromatic carbocycles. The minimum Gasteiger partial charge on any atom is -0.477 e. The van der Waals surface area contributed by atoms with Crippen molar-refractivity contribution in [3.05, 3.63) is 70.3 Å². The number of carbonyl (C=O) groups excluding carboxylic acids is 1. The lowest BCUT2D eigenvalue weighted by Crippen LogP contribution is -2.23. The van der Waals surface area contributed by atoms with E-state index in [2.05, 4.69) is 16.8 Å². The summed E-state index contributed by atoms with van der Waals surface area (Å²) in [4.78, 5) is 34.6. The number of likely N-dealkylation sites (N-methyl/N-ethyl adjacent to an activating group) is 1. The normalized spacial score (nSPS) is 10.6. The van der Waals surface area contributed by atoms with Crippen molar-refractivity contribution in [1.29, 1.82) is 0 Å². The number of carboxylic acids is 1. The molecule has 2 rings (SSSR count). The SMILES string of the molecule is C=C(C)C(=O)OCCN(C)c1ccc(/N=N/c2ccc([N+](=O)[O-])c(C(=O)O)c2)cc1. The van der Waals surface area contributed by atoms with E-state index in [1.165, 1.54) is 6.07 Å². The van der Waals surface area contributed by atoms with Gasteiger partial charge in [0.1, 0.15) is 12.2 Å². The van der Waals surface area contributed by atoms with E-state index in [0.717, 1.165) is 17.8 Å². The molecule has 0 saturated carbocycles. The van der Waals surface area contributed by atoms with Crippen LogP contribution in [0.1, 0.15) is 17.3 Å². The molecule has 0 unspecified atom stereocenters. The number of rotatable bonds is 9. The van der Waals surface area contributed by atoms with Gasteiger partial charge in [-0.05, 0) is 43.3 Å². The molecule has 30 heavy (non-hydrogen) atoms. The molecule has 0 spiro atoms. The molecule has 0 heterocycles. The number of nitrogens with zero attached hydrogens (tertiary/aromatic N) is 4. The van der Waals surface area contributed by atoms with E-state index in [0.29, 0.717) is 17.8 Å². The lowest BCUT2D eigenvalue weighted by Gasteiger charge is -2.19. The summed E-state index contributed by atoms with van der Waals surface area (Å²) in [6.07, 6.45) is 0. The molecule has 0 aliphatic heterocycles. The molecule has 10 heteroatoms. The number of anilines is 1. The smallest absolute Gasteiger partial charge is 0.342 e. The second-order valence-corrected chi connectivity index (χ2v) is 6.32. The molecular weight excluding hydrogens is 392 g/mol. The molecular formula is C20H20N4O6. The van der Waals surface area contributed by atoms with Gasteiger partial charge in [0.25, 0.3) is 5.69 Å². The van der Waals surface area contributed by atoms with Crippen LogP contribution in [0.3, 0.4) is 0 Å². The molecule has 0 saturated heterocycles. The second kappa shape index (κ2) is 9.92. The highest BCUT2D eigenvalue weighted by Crippen LogP contribution is 2.26.